The van der Waals surface area contributed by atoms with Crippen molar-refractivity contribution in [2.24, 2.45) is 10.7 Å². The average molecular weight is 179 g/mol. The van der Waals surface area contributed by atoms with Crippen LogP contribution in [0.1, 0.15) is 13.8 Å². The summed E-state index contributed by atoms with van der Waals surface area (Å²) in [6, 6.07) is 0. The fraction of sp³-hybridized carbons (Fsp3) is 0.300. The summed E-state index contributed by atoms with van der Waals surface area (Å²) in [5.41, 5.74) is 8.23. The van der Waals surface area contributed by atoms with Crippen LogP contribution in [0.5, 0.6) is 0 Å². The summed E-state index contributed by atoms with van der Waals surface area (Å²) in [6.45, 7) is 11.9. The average Bonchev–Trinajstić information content (AvgIpc) is 2.11. The lowest BCUT2D eigenvalue weighted by molar-refractivity contribution is 0.948. The fourth-order valence-corrected chi connectivity index (χ4v) is 0.797. The number of allylic oxidation sites excluding steroid dienone is 2. The van der Waals surface area contributed by atoms with Crippen LogP contribution in [0.25, 0.3) is 0 Å². The maximum atomic E-state index is 5.16. The molecule has 0 unspecified atom stereocenters. The normalized spacial score (nSPS) is 12.5. The molecule has 0 heterocycles. The molecule has 0 aromatic rings. The molecule has 3 N–H and O–H groups in total. The van der Waals surface area contributed by atoms with Gasteiger partial charge in [0.25, 0.3) is 0 Å². The van der Waals surface area contributed by atoms with Crippen LogP contribution in [0.15, 0.2) is 41.2 Å². The van der Waals surface area contributed by atoms with E-state index in [0.717, 1.165) is 16.8 Å². The zero-order valence-electron chi connectivity index (χ0n) is 8.30. The van der Waals surface area contributed by atoms with Gasteiger partial charge in [-0.1, -0.05) is 18.7 Å². The Kier molecular flexibility index (Phi) is 5.35. The quantitative estimate of drug-likeness (QED) is 0.382. The Hall–Kier alpha value is -1.51. The topological polar surface area (TPSA) is 50.4 Å². The minimum Gasteiger partial charge on any atom is -0.390 e. The van der Waals surface area contributed by atoms with E-state index in [1.54, 1.807) is 6.20 Å². The molecule has 3 heteroatoms. The van der Waals surface area contributed by atoms with Crippen molar-refractivity contribution >= 4 is 6.34 Å². The molecule has 0 aliphatic heterocycles. The first-order valence-electron chi connectivity index (χ1n) is 4.06. The zero-order chi connectivity index (χ0) is 10.3. The molecule has 0 aliphatic rings. The van der Waals surface area contributed by atoms with E-state index < -0.39 is 0 Å². The first kappa shape index (κ1) is 11.5. The Labute approximate surface area is 79.7 Å². The summed E-state index contributed by atoms with van der Waals surface area (Å²) in [4.78, 5) is 3.94. The number of hydrogen-bond donors (Lipinski definition) is 2. The highest BCUT2D eigenvalue weighted by Gasteiger charge is 1.99. The molecule has 0 radical (unpaired) electrons. The third kappa shape index (κ3) is 4.15. The van der Waals surface area contributed by atoms with E-state index in [4.69, 9.17) is 5.73 Å². The van der Waals surface area contributed by atoms with Crippen LogP contribution in [0.2, 0.25) is 0 Å². The highest BCUT2D eigenvalue weighted by molar-refractivity contribution is 5.51. The molecule has 0 rings (SSSR count). The second-order valence-corrected chi connectivity index (χ2v) is 2.72. The van der Waals surface area contributed by atoms with Crippen molar-refractivity contribution in [2.45, 2.75) is 13.8 Å². The van der Waals surface area contributed by atoms with Gasteiger partial charge in [0, 0.05) is 5.70 Å². The van der Waals surface area contributed by atoms with Crippen LogP contribution in [0, 0.1) is 0 Å². The molecule has 0 spiro atoms. The largest absolute Gasteiger partial charge is 0.390 e. The number of nitrogens with one attached hydrogen (secondary N) is 1. The molecular formula is C10H17N3. The van der Waals surface area contributed by atoms with Crippen molar-refractivity contribution in [1.82, 2.24) is 5.32 Å². The third-order valence-electron chi connectivity index (χ3n) is 1.72. The van der Waals surface area contributed by atoms with Crippen molar-refractivity contribution in [1.29, 1.82) is 0 Å². The van der Waals surface area contributed by atoms with E-state index in [0.29, 0.717) is 6.54 Å². The van der Waals surface area contributed by atoms with E-state index >= 15 is 0 Å². The lowest BCUT2D eigenvalue weighted by Crippen LogP contribution is -2.11. The molecule has 0 bridgehead atoms. The van der Waals surface area contributed by atoms with Crippen molar-refractivity contribution < 1.29 is 0 Å². The van der Waals surface area contributed by atoms with Crippen molar-refractivity contribution in [3.8, 4) is 0 Å². The van der Waals surface area contributed by atoms with Crippen LogP contribution in [0.3, 0.4) is 0 Å². The molecule has 72 valence electrons. The Bertz CT molecular complexity index is 249. The summed E-state index contributed by atoms with van der Waals surface area (Å²) in [5.74, 6) is 0. The SMILES string of the molecule is C=CN/C(CN=CN)=C(\C)C(=C)C. The predicted molar refractivity (Wildman–Crippen MR) is 58.4 cm³/mol. The van der Waals surface area contributed by atoms with Gasteiger partial charge in [-0.25, -0.2) is 0 Å². The van der Waals surface area contributed by atoms with Gasteiger partial charge in [0.2, 0.25) is 0 Å². The third-order valence-corrected chi connectivity index (χ3v) is 1.72. The monoisotopic (exact) mass is 179 g/mol. The van der Waals surface area contributed by atoms with E-state index in [1.807, 2.05) is 13.8 Å². The second-order valence-electron chi connectivity index (χ2n) is 2.72. The molecule has 0 aromatic heterocycles. The summed E-state index contributed by atoms with van der Waals surface area (Å²) >= 11 is 0. The number of aliphatic imine (C=N–C) groups is 1. The van der Waals surface area contributed by atoms with Crippen LogP contribution in [-0.4, -0.2) is 12.9 Å². The minimum absolute atomic E-state index is 0.529. The maximum absolute atomic E-state index is 5.16. The number of nitrogens with zero attached hydrogens (tertiary/aromatic N) is 1. The Morgan fingerprint density at radius 3 is 2.54 bits per heavy atom. The molecule has 0 saturated carbocycles. The first-order valence-corrected chi connectivity index (χ1v) is 4.06. The van der Waals surface area contributed by atoms with Gasteiger partial charge in [0.1, 0.15) is 0 Å². The first-order chi connectivity index (χ1) is 6.13. The molecule has 0 fully saturated rings. The van der Waals surface area contributed by atoms with Gasteiger partial charge >= 0.3 is 0 Å². The van der Waals surface area contributed by atoms with Gasteiger partial charge in [-0.2, -0.15) is 0 Å². The van der Waals surface area contributed by atoms with E-state index in [1.165, 1.54) is 6.34 Å². The predicted octanol–water partition coefficient (Wildman–Crippen LogP) is 1.56. The second kappa shape index (κ2) is 6.06. The van der Waals surface area contributed by atoms with Gasteiger partial charge < -0.3 is 11.1 Å². The molecule has 0 atom stereocenters. The Morgan fingerprint density at radius 1 is 1.54 bits per heavy atom. The van der Waals surface area contributed by atoms with Crippen LogP contribution < -0.4 is 11.1 Å². The minimum atomic E-state index is 0.529. The van der Waals surface area contributed by atoms with Gasteiger partial charge in [0.05, 0.1) is 12.9 Å². The molecule has 0 amide bonds. The lowest BCUT2D eigenvalue weighted by Gasteiger charge is -2.09. The van der Waals surface area contributed by atoms with Crippen molar-refractivity contribution in [3.05, 3.63) is 36.2 Å². The summed E-state index contributed by atoms with van der Waals surface area (Å²) < 4.78 is 0. The van der Waals surface area contributed by atoms with E-state index in [-0.39, 0.29) is 0 Å². The Balaban J connectivity index is 4.64. The fourth-order valence-electron chi connectivity index (χ4n) is 0.797. The van der Waals surface area contributed by atoms with Gasteiger partial charge in [-0.3, -0.25) is 4.99 Å². The smallest absolute Gasteiger partial charge is 0.0809 e. The molecule has 13 heavy (non-hydrogen) atoms. The van der Waals surface area contributed by atoms with Crippen molar-refractivity contribution in [3.63, 3.8) is 0 Å². The highest BCUT2D eigenvalue weighted by Crippen LogP contribution is 2.10. The number of rotatable bonds is 5. The Morgan fingerprint density at radius 2 is 2.15 bits per heavy atom. The maximum Gasteiger partial charge on any atom is 0.0809 e. The highest BCUT2D eigenvalue weighted by atomic mass is 14.9. The van der Waals surface area contributed by atoms with E-state index in [2.05, 4.69) is 23.5 Å². The molecule has 0 aromatic carbocycles. The molecule has 0 aliphatic carbocycles. The van der Waals surface area contributed by atoms with Gasteiger partial charge in [-0.15, -0.1) is 0 Å². The standard InChI is InChI=1S/C10H17N3/c1-5-13-10(6-12-7-11)9(4)8(2)3/h5,7,13H,1-2,6H2,3-4H3,(H2,11,12)/b10-9+. The molecular weight excluding hydrogens is 162 g/mol. The van der Waals surface area contributed by atoms with E-state index in [9.17, 15) is 0 Å². The molecule has 3 nitrogen and oxygen atoms in total. The van der Waals surface area contributed by atoms with Crippen LogP contribution in [0.4, 0.5) is 0 Å². The number of nitrogens with two attached hydrogens (primary N) is 1. The van der Waals surface area contributed by atoms with Crippen molar-refractivity contribution in [2.75, 3.05) is 6.54 Å². The summed E-state index contributed by atoms with van der Waals surface area (Å²) in [7, 11) is 0. The lowest BCUT2D eigenvalue weighted by atomic mass is 10.1. The molecule has 0 saturated heterocycles. The summed E-state index contributed by atoms with van der Waals surface area (Å²) in [6.07, 6.45) is 2.91. The van der Waals surface area contributed by atoms with Gasteiger partial charge in [-0.05, 0) is 25.6 Å². The zero-order valence-corrected chi connectivity index (χ0v) is 8.30. The van der Waals surface area contributed by atoms with Crippen LogP contribution in [-0.2, 0) is 0 Å². The number of hydrogen-bond acceptors (Lipinski definition) is 2. The van der Waals surface area contributed by atoms with Crippen LogP contribution >= 0.6 is 0 Å². The summed E-state index contributed by atoms with van der Waals surface area (Å²) in [5, 5.41) is 3.01. The van der Waals surface area contributed by atoms with Gasteiger partial charge in [0.15, 0.2) is 0 Å².